The number of nitrogens with zero attached hydrogens (tertiary/aromatic N) is 6. The van der Waals surface area contributed by atoms with Gasteiger partial charge in [-0.25, -0.2) is 10.0 Å². The van der Waals surface area contributed by atoms with Crippen LogP contribution in [0.25, 0.3) is 0 Å². The SMILES string of the molecule is CN(CCC[C@H](NC(=O)[C@H](CC1CCCCC1)[C@H](C1CC1)N(O)C=O)C(=O)Nc1nccs1)N=N[N+](=O)[O-]. The zero-order chi connectivity index (χ0) is 27.5. The Morgan fingerprint density at radius 1 is 1.29 bits per heavy atom. The van der Waals surface area contributed by atoms with Crippen LogP contribution >= 0.6 is 11.3 Å². The lowest BCUT2D eigenvalue weighted by molar-refractivity contribution is -0.496. The molecule has 210 valence electrons. The van der Waals surface area contributed by atoms with Gasteiger partial charge in [0.2, 0.25) is 23.4 Å². The number of amides is 3. The second-order valence-electron chi connectivity index (χ2n) is 9.99. The summed E-state index contributed by atoms with van der Waals surface area (Å²) in [6.45, 7) is 0.264. The number of nitro groups is 1. The lowest BCUT2D eigenvalue weighted by Crippen LogP contribution is -2.52. The molecule has 0 radical (unpaired) electrons. The van der Waals surface area contributed by atoms with Crippen LogP contribution in [-0.4, -0.2) is 69.2 Å². The molecule has 14 nitrogen and oxygen atoms in total. The van der Waals surface area contributed by atoms with E-state index in [1.54, 1.807) is 11.6 Å². The molecule has 3 rings (SSSR count). The van der Waals surface area contributed by atoms with Gasteiger partial charge in [-0.2, -0.15) is 5.01 Å². The molecule has 15 heteroatoms. The van der Waals surface area contributed by atoms with Crippen LogP contribution in [0.2, 0.25) is 0 Å². The largest absolute Gasteiger partial charge is 0.344 e. The maximum Gasteiger partial charge on any atom is 0.248 e. The van der Waals surface area contributed by atoms with Gasteiger partial charge in [0.05, 0.1) is 23.5 Å². The van der Waals surface area contributed by atoms with Crippen LogP contribution in [-0.2, 0) is 14.4 Å². The van der Waals surface area contributed by atoms with Crippen molar-refractivity contribution in [3.63, 3.8) is 0 Å². The van der Waals surface area contributed by atoms with Crippen LogP contribution in [0.15, 0.2) is 22.0 Å². The average molecular weight is 553 g/mol. The molecular formula is C23H36N8O6S. The maximum atomic E-state index is 13.7. The molecule has 1 aromatic heterocycles. The molecule has 0 aromatic carbocycles. The van der Waals surface area contributed by atoms with Gasteiger partial charge in [0.15, 0.2) is 10.4 Å². The highest BCUT2D eigenvalue weighted by molar-refractivity contribution is 7.13. The number of thiazole rings is 1. The van der Waals surface area contributed by atoms with E-state index in [2.05, 4.69) is 26.1 Å². The van der Waals surface area contributed by atoms with E-state index in [9.17, 15) is 29.7 Å². The van der Waals surface area contributed by atoms with Gasteiger partial charge in [0.25, 0.3) is 0 Å². The normalized spacial score (nSPS) is 18.4. The second kappa shape index (κ2) is 14.7. The van der Waals surface area contributed by atoms with Gasteiger partial charge in [-0.15, -0.1) is 11.3 Å². The summed E-state index contributed by atoms with van der Waals surface area (Å²) in [5, 5.41) is 35.8. The summed E-state index contributed by atoms with van der Waals surface area (Å²) in [6.07, 6.45) is 10.0. The molecule has 1 aromatic rings. The predicted molar refractivity (Wildman–Crippen MR) is 137 cm³/mol. The summed E-state index contributed by atoms with van der Waals surface area (Å²) >= 11 is 1.25. The van der Waals surface area contributed by atoms with E-state index in [1.807, 2.05) is 0 Å². The number of hydroxylamine groups is 2. The Hall–Kier alpha value is -3.20. The minimum Gasteiger partial charge on any atom is -0.344 e. The fourth-order valence-electron chi connectivity index (χ4n) is 5.12. The molecule has 3 N–H and O–H groups in total. The van der Waals surface area contributed by atoms with Crippen molar-refractivity contribution in [1.29, 1.82) is 0 Å². The third kappa shape index (κ3) is 9.28. The van der Waals surface area contributed by atoms with Crippen LogP contribution in [0, 0.1) is 27.9 Å². The third-order valence-corrected chi connectivity index (χ3v) is 7.80. The van der Waals surface area contributed by atoms with Crippen molar-refractivity contribution >= 4 is 34.7 Å². The summed E-state index contributed by atoms with van der Waals surface area (Å²) in [7, 11) is 1.52. The van der Waals surface area contributed by atoms with Crippen molar-refractivity contribution in [3.8, 4) is 0 Å². The van der Waals surface area contributed by atoms with Crippen molar-refractivity contribution in [2.24, 2.45) is 28.2 Å². The molecule has 0 spiro atoms. The first-order valence-corrected chi connectivity index (χ1v) is 13.9. The van der Waals surface area contributed by atoms with Crippen LogP contribution in [0.5, 0.6) is 0 Å². The molecule has 2 aliphatic carbocycles. The number of hydrogen-bond donors (Lipinski definition) is 3. The minimum atomic E-state index is -0.927. The summed E-state index contributed by atoms with van der Waals surface area (Å²) < 4.78 is 0. The number of anilines is 1. The van der Waals surface area contributed by atoms with Gasteiger partial charge in [0.1, 0.15) is 6.04 Å². The van der Waals surface area contributed by atoms with Crippen molar-refractivity contribution in [3.05, 3.63) is 21.7 Å². The van der Waals surface area contributed by atoms with Crippen LogP contribution in [0.1, 0.15) is 64.2 Å². The maximum absolute atomic E-state index is 13.7. The number of nitrogens with one attached hydrogen (secondary N) is 2. The first kappa shape index (κ1) is 29.4. The molecule has 2 saturated carbocycles. The molecule has 2 aliphatic rings. The van der Waals surface area contributed by atoms with E-state index >= 15 is 0 Å². The molecule has 2 fully saturated rings. The Bertz CT molecular complexity index is 954. The Labute approximate surface area is 224 Å². The Morgan fingerprint density at radius 2 is 2.03 bits per heavy atom. The zero-order valence-corrected chi connectivity index (χ0v) is 22.3. The number of hydrogen-bond acceptors (Lipinski definition) is 9. The Balaban J connectivity index is 1.74. The molecule has 1 heterocycles. The number of aromatic nitrogens is 1. The van der Waals surface area contributed by atoms with Crippen molar-refractivity contribution in [2.45, 2.75) is 76.3 Å². The highest BCUT2D eigenvalue weighted by Crippen LogP contribution is 2.41. The van der Waals surface area contributed by atoms with Crippen molar-refractivity contribution in [1.82, 2.24) is 20.4 Å². The minimum absolute atomic E-state index is 0.0349. The summed E-state index contributed by atoms with van der Waals surface area (Å²) in [5.74, 6) is -1.14. The number of carbonyl (C=O) groups is 3. The number of rotatable bonds is 16. The fourth-order valence-corrected chi connectivity index (χ4v) is 5.65. The third-order valence-electron chi connectivity index (χ3n) is 7.12. The van der Waals surface area contributed by atoms with Crippen LogP contribution in [0.4, 0.5) is 5.13 Å². The first-order valence-electron chi connectivity index (χ1n) is 13.0. The lowest BCUT2D eigenvalue weighted by atomic mass is 9.79. The predicted octanol–water partition coefficient (Wildman–Crippen LogP) is 3.05. The molecule has 0 unspecified atom stereocenters. The molecular weight excluding hydrogens is 516 g/mol. The van der Waals surface area contributed by atoms with Crippen molar-refractivity contribution in [2.75, 3.05) is 18.9 Å². The Morgan fingerprint density at radius 3 is 2.63 bits per heavy atom. The van der Waals surface area contributed by atoms with Gasteiger partial charge in [-0.05, 0) is 43.9 Å². The van der Waals surface area contributed by atoms with Gasteiger partial charge in [-0.1, -0.05) is 32.1 Å². The first-order chi connectivity index (χ1) is 18.3. The molecule has 0 bridgehead atoms. The lowest BCUT2D eigenvalue weighted by Gasteiger charge is -2.34. The highest BCUT2D eigenvalue weighted by Gasteiger charge is 2.44. The highest BCUT2D eigenvalue weighted by atomic mass is 32.1. The van der Waals surface area contributed by atoms with Gasteiger partial charge < -0.3 is 20.7 Å². The quantitative estimate of drug-likeness (QED) is 0.0919. The van der Waals surface area contributed by atoms with E-state index in [0.29, 0.717) is 35.4 Å². The zero-order valence-electron chi connectivity index (χ0n) is 21.5. The fraction of sp³-hybridized carbons (Fsp3) is 0.739. The molecule has 0 saturated heterocycles. The smallest absolute Gasteiger partial charge is 0.248 e. The standard InChI is InChI=1S/C23H36N8O6S/c1-29(27-28-31(36)37)12-5-8-19(22(34)26-23-24-11-13-38-23)25-21(33)18(14-16-6-3-2-4-7-16)20(17-9-10-17)30(35)15-32/h11,13,15-20,35H,2-10,12,14H2,1H3,(H,25,33)(H,24,26,34)/t18-,19+,20+/m1/s1. The van der Waals surface area contributed by atoms with E-state index < -0.39 is 28.9 Å². The van der Waals surface area contributed by atoms with Crippen LogP contribution < -0.4 is 10.6 Å². The van der Waals surface area contributed by atoms with E-state index in [4.69, 9.17) is 0 Å². The molecule has 3 amide bonds. The van der Waals surface area contributed by atoms with E-state index in [1.165, 1.54) is 23.4 Å². The summed E-state index contributed by atoms with van der Waals surface area (Å²) in [5.41, 5.74) is 0. The molecule has 3 atom stereocenters. The second-order valence-corrected chi connectivity index (χ2v) is 10.9. The van der Waals surface area contributed by atoms with Gasteiger partial charge in [0, 0.05) is 18.6 Å². The average Bonchev–Trinajstić information content (AvgIpc) is 3.61. The Kier molecular flexibility index (Phi) is 11.3. The molecule has 38 heavy (non-hydrogen) atoms. The van der Waals surface area contributed by atoms with E-state index in [-0.39, 0.29) is 24.8 Å². The number of carbonyl (C=O) groups excluding carboxylic acids is 3. The van der Waals surface area contributed by atoms with Crippen LogP contribution in [0.3, 0.4) is 0 Å². The van der Waals surface area contributed by atoms with Gasteiger partial charge >= 0.3 is 0 Å². The monoisotopic (exact) mass is 552 g/mol. The van der Waals surface area contributed by atoms with E-state index in [0.717, 1.165) is 44.9 Å². The molecule has 0 aliphatic heterocycles. The van der Waals surface area contributed by atoms with Gasteiger partial charge in [-0.3, -0.25) is 19.6 Å². The summed E-state index contributed by atoms with van der Waals surface area (Å²) in [6, 6.07) is -1.57. The van der Waals surface area contributed by atoms with Crippen molar-refractivity contribution < 1.29 is 24.6 Å². The topological polar surface area (TPSA) is 183 Å². The summed E-state index contributed by atoms with van der Waals surface area (Å²) in [4.78, 5) is 52.8.